The Bertz CT molecular complexity index is 1270. The lowest BCUT2D eigenvalue weighted by atomic mass is 9.80. The van der Waals surface area contributed by atoms with E-state index in [1.807, 2.05) is 18.2 Å². The number of rotatable bonds is 13. The van der Waals surface area contributed by atoms with Crippen molar-refractivity contribution in [3.63, 3.8) is 0 Å². The molecule has 1 amide bonds. The Morgan fingerprint density at radius 1 is 1.05 bits per heavy atom. The summed E-state index contributed by atoms with van der Waals surface area (Å²) >= 11 is 0. The fourth-order valence-corrected chi connectivity index (χ4v) is 4.79. The highest BCUT2D eigenvalue weighted by molar-refractivity contribution is 5.88. The number of para-hydroxylation sites is 1. The quantitative estimate of drug-likeness (QED) is 0.212. The minimum Gasteiger partial charge on any atom is -0.493 e. The maximum atomic E-state index is 13.4. The highest BCUT2D eigenvalue weighted by Gasteiger charge is 2.41. The first-order valence-electron chi connectivity index (χ1n) is 13.3. The third kappa shape index (κ3) is 10.1. The summed E-state index contributed by atoms with van der Waals surface area (Å²) in [4.78, 5) is 44.7. The average molecular weight is 605 g/mol. The van der Waals surface area contributed by atoms with Crippen LogP contribution in [0.15, 0.2) is 55.1 Å². The molecule has 12 nitrogen and oxygen atoms in total. The number of nitrogens with zero attached hydrogens (tertiary/aromatic N) is 1. The lowest BCUT2D eigenvalue weighted by molar-refractivity contribution is -0.170. The molecule has 1 fully saturated rings. The number of methoxy groups -OCH3 is 1. The molecule has 0 atom stereocenters. The third-order valence-electron chi connectivity index (χ3n) is 6.83. The van der Waals surface area contributed by atoms with Crippen LogP contribution >= 0.6 is 0 Å². The van der Waals surface area contributed by atoms with Crippen molar-refractivity contribution in [1.29, 1.82) is 0 Å². The molecule has 1 aliphatic heterocycles. The molecule has 2 aromatic carbocycles. The Balaban J connectivity index is 0.000000420. The number of halogens is 1. The fourth-order valence-electron chi connectivity index (χ4n) is 4.79. The number of carbonyl (C=O) groups is 4. The van der Waals surface area contributed by atoms with Crippen molar-refractivity contribution in [2.24, 2.45) is 0 Å². The number of hydrogen-bond acceptors (Lipinski definition) is 8. The van der Waals surface area contributed by atoms with E-state index in [1.54, 1.807) is 25.3 Å². The summed E-state index contributed by atoms with van der Waals surface area (Å²) in [6.07, 6.45) is 0.904. The molecule has 1 aliphatic rings. The molecule has 0 spiro atoms. The first-order chi connectivity index (χ1) is 20.2. The van der Waals surface area contributed by atoms with Gasteiger partial charge in [-0.15, -0.1) is 0 Å². The average Bonchev–Trinajstić information content (AvgIpc) is 2.92. The zero-order valence-electron chi connectivity index (χ0n) is 24.0. The van der Waals surface area contributed by atoms with E-state index in [-0.39, 0.29) is 11.7 Å². The molecule has 3 rings (SSSR count). The number of ether oxygens (including phenoxy) is 2. The van der Waals surface area contributed by atoms with Gasteiger partial charge in [0.15, 0.2) is 17.1 Å². The van der Waals surface area contributed by atoms with Gasteiger partial charge in [0.25, 0.3) is 0 Å². The van der Waals surface area contributed by atoms with Crippen molar-refractivity contribution in [1.82, 2.24) is 10.2 Å². The normalized spacial score (nSPS) is 14.4. The van der Waals surface area contributed by atoms with E-state index in [0.717, 1.165) is 42.8 Å². The van der Waals surface area contributed by atoms with Gasteiger partial charge < -0.3 is 35.2 Å². The SMILES string of the molecule is C=CCOc1c(CN2CCC(NC(C)=O)(c3ccc(F)cc3)CC2)cccc1OC.O=C(O)CC(O)(CC(=O)O)C(=O)O. The first-order valence-corrected chi connectivity index (χ1v) is 13.3. The van der Waals surface area contributed by atoms with Gasteiger partial charge in [0.1, 0.15) is 12.4 Å². The number of amides is 1. The molecular formula is C30H37FN2O10. The largest absolute Gasteiger partial charge is 0.493 e. The van der Waals surface area contributed by atoms with Crippen molar-refractivity contribution >= 4 is 23.8 Å². The van der Waals surface area contributed by atoms with E-state index < -0.39 is 41.9 Å². The van der Waals surface area contributed by atoms with Gasteiger partial charge >= 0.3 is 17.9 Å². The molecule has 0 saturated carbocycles. The second kappa shape index (κ2) is 15.7. The number of carbonyl (C=O) groups excluding carboxylic acids is 1. The lowest BCUT2D eigenvalue weighted by Crippen LogP contribution is -2.52. The van der Waals surface area contributed by atoms with Crippen LogP contribution in [0.4, 0.5) is 4.39 Å². The Morgan fingerprint density at radius 3 is 2.09 bits per heavy atom. The predicted octanol–water partition coefficient (Wildman–Crippen LogP) is 2.78. The predicted molar refractivity (Wildman–Crippen MR) is 152 cm³/mol. The van der Waals surface area contributed by atoms with Crippen LogP contribution in [0.1, 0.15) is 43.7 Å². The maximum absolute atomic E-state index is 13.4. The number of nitrogens with one attached hydrogen (secondary N) is 1. The molecule has 234 valence electrons. The molecule has 1 heterocycles. The van der Waals surface area contributed by atoms with Crippen LogP contribution in [0.25, 0.3) is 0 Å². The highest BCUT2D eigenvalue weighted by Crippen LogP contribution is 2.36. The monoisotopic (exact) mass is 604 g/mol. The van der Waals surface area contributed by atoms with Gasteiger partial charge in [-0.25, -0.2) is 9.18 Å². The molecule has 1 saturated heterocycles. The molecule has 0 aliphatic carbocycles. The summed E-state index contributed by atoms with van der Waals surface area (Å²) in [6.45, 7) is 7.93. The van der Waals surface area contributed by atoms with Crippen molar-refractivity contribution < 1.29 is 53.5 Å². The van der Waals surface area contributed by atoms with Crippen molar-refractivity contribution in [2.75, 3.05) is 26.8 Å². The van der Waals surface area contributed by atoms with E-state index in [0.29, 0.717) is 18.9 Å². The molecule has 43 heavy (non-hydrogen) atoms. The Morgan fingerprint density at radius 2 is 1.63 bits per heavy atom. The molecule has 0 aromatic heterocycles. The van der Waals surface area contributed by atoms with Gasteiger partial charge in [-0.2, -0.15) is 0 Å². The molecule has 0 bridgehead atoms. The Kier molecular flexibility index (Phi) is 12.6. The second-order valence-corrected chi connectivity index (χ2v) is 10.1. The highest BCUT2D eigenvalue weighted by atomic mass is 19.1. The molecule has 13 heteroatoms. The Hall–Kier alpha value is -4.49. The fraction of sp³-hybridized carbons (Fsp3) is 0.400. The zero-order valence-corrected chi connectivity index (χ0v) is 24.0. The summed E-state index contributed by atoms with van der Waals surface area (Å²) in [5, 5.41) is 36.9. The van der Waals surface area contributed by atoms with Gasteiger partial charge in [0.2, 0.25) is 5.91 Å². The summed E-state index contributed by atoms with van der Waals surface area (Å²) in [5.74, 6) is -3.95. The summed E-state index contributed by atoms with van der Waals surface area (Å²) in [5.41, 5.74) is -1.23. The summed E-state index contributed by atoms with van der Waals surface area (Å²) in [6, 6.07) is 12.3. The Labute approximate surface area is 248 Å². The topological polar surface area (TPSA) is 183 Å². The first kappa shape index (κ1) is 34.7. The van der Waals surface area contributed by atoms with Gasteiger partial charge in [-0.3, -0.25) is 19.3 Å². The minimum atomic E-state index is -2.74. The number of benzene rings is 2. The number of aliphatic hydroxyl groups is 1. The number of carboxylic acid groups (broad SMARTS) is 3. The van der Waals surface area contributed by atoms with Gasteiger partial charge in [0.05, 0.1) is 25.5 Å². The van der Waals surface area contributed by atoms with E-state index in [4.69, 9.17) is 29.9 Å². The van der Waals surface area contributed by atoms with Gasteiger partial charge in [0, 0.05) is 32.1 Å². The van der Waals surface area contributed by atoms with Crippen LogP contribution in [0.5, 0.6) is 11.5 Å². The van der Waals surface area contributed by atoms with E-state index >= 15 is 0 Å². The van der Waals surface area contributed by atoms with Crippen molar-refractivity contribution in [3.8, 4) is 11.5 Å². The molecule has 5 N–H and O–H groups in total. The zero-order chi connectivity index (χ0) is 32.2. The number of carboxylic acids is 3. The number of hydrogen-bond donors (Lipinski definition) is 5. The van der Waals surface area contributed by atoms with Crippen molar-refractivity contribution in [3.05, 3.63) is 72.1 Å². The van der Waals surface area contributed by atoms with Crippen LogP contribution in [0, 0.1) is 5.82 Å². The molecule has 2 aromatic rings. The van der Waals surface area contributed by atoms with Crippen LogP contribution in [-0.4, -0.2) is 81.5 Å². The van der Waals surface area contributed by atoms with E-state index in [2.05, 4.69) is 16.8 Å². The maximum Gasteiger partial charge on any atom is 0.336 e. The minimum absolute atomic E-state index is 0.0827. The van der Waals surface area contributed by atoms with Gasteiger partial charge in [-0.05, 0) is 36.6 Å². The van der Waals surface area contributed by atoms with Crippen molar-refractivity contribution in [2.45, 2.75) is 50.3 Å². The van der Waals surface area contributed by atoms with Crippen LogP contribution < -0.4 is 14.8 Å². The van der Waals surface area contributed by atoms with Crippen LogP contribution in [0.2, 0.25) is 0 Å². The van der Waals surface area contributed by atoms with Gasteiger partial charge in [-0.1, -0.05) is 36.9 Å². The number of piperidine rings is 1. The summed E-state index contributed by atoms with van der Waals surface area (Å²) < 4.78 is 24.7. The van der Waals surface area contributed by atoms with Crippen LogP contribution in [-0.2, 0) is 31.3 Å². The summed E-state index contributed by atoms with van der Waals surface area (Å²) in [7, 11) is 1.63. The third-order valence-corrected chi connectivity index (χ3v) is 6.83. The van der Waals surface area contributed by atoms with E-state index in [9.17, 15) is 23.6 Å². The molecular weight excluding hydrogens is 567 g/mol. The number of aliphatic carboxylic acids is 3. The van der Waals surface area contributed by atoms with Crippen LogP contribution in [0.3, 0.4) is 0 Å². The number of likely N-dealkylation sites (tertiary alicyclic amines) is 1. The standard InChI is InChI=1S/C24H29FN2O3.C6H8O7/c1-4-16-30-23-19(6-5-7-22(23)29-3)17-27-14-12-24(13-15-27,26-18(2)28)20-8-10-21(25)11-9-20;7-3(8)1-6(13,5(11)12)2-4(9)10/h4-11H,1,12-17H2,2-3H3,(H,26,28);13H,1-2H2,(H,7,8)(H,9,10)(H,11,12). The lowest BCUT2D eigenvalue weighted by Gasteiger charge is -2.43. The van der Waals surface area contributed by atoms with E-state index in [1.165, 1.54) is 19.1 Å². The smallest absolute Gasteiger partial charge is 0.336 e. The molecule has 0 unspecified atom stereocenters. The second-order valence-electron chi connectivity index (χ2n) is 10.1. The molecule has 0 radical (unpaired) electrons.